The van der Waals surface area contributed by atoms with Gasteiger partial charge in [-0.15, -0.1) is 11.8 Å². The van der Waals surface area contributed by atoms with Crippen LogP contribution in [0.3, 0.4) is 0 Å². The van der Waals surface area contributed by atoms with Crippen molar-refractivity contribution in [3.8, 4) is 0 Å². The van der Waals surface area contributed by atoms with Crippen LogP contribution in [-0.4, -0.2) is 49.1 Å². The number of hydrogen-bond donors (Lipinski definition) is 0. The van der Waals surface area contributed by atoms with Gasteiger partial charge in [-0.1, -0.05) is 19.3 Å². The van der Waals surface area contributed by atoms with Gasteiger partial charge in [0, 0.05) is 26.0 Å². The van der Waals surface area contributed by atoms with Crippen LogP contribution in [0.15, 0.2) is 0 Å². The number of carbonyl (C=O) groups excluding carboxylic acids is 1. The van der Waals surface area contributed by atoms with E-state index in [9.17, 15) is 4.79 Å². The third-order valence-electron chi connectivity index (χ3n) is 3.17. The zero-order chi connectivity index (χ0) is 11.8. The van der Waals surface area contributed by atoms with E-state index in [1.54, 1.807) is 18.9 Å². The Bertz CT molecular complexity index is 205. The number of methoxy groups -OCH3 is 1. The summed E-state index contributed by atoms with van der Waals surface area (Å²) in [6, 6.07) is 0.490. The molecule has 1 aliphatic carbocycles. The topological polar surface area (TPSA) is 29.5 Å². The van der Waals surface area contributed by atoms with Crippen LogP contribution in [0.5, 0.6) is 0 Å². The molecule has 16 heavy (non-hydrogen) atoms. The number of thioether (sulfide) groups is 1. The van der Waals surface area contributed by atoms with Crippen LogP contribution >= 0.6 is 11.8 Å². The molecule has 1 amide bonds. The molecule has 1 fully saturated rings. The van der Waals surface area contributed by atoms with Gasteiger partial charge >= 0.3 is 0 Å². The van der Waals surface area contributed by atoms with E-state index in [2.05, 4.69) is 0 Å². The van der Waals surface area contributed by atoms with E-state index in [1.165, 1.54) is 32.1 Å². The Morgan fingerprint density at radius 3 is 2.69 bits per heavy atom. The zero-order valence-corrected chi connectivity index (χ0v) is 11.2. The van der Waals surface area contributed by atoms with Crippen molar-refractivity contribution in [1.82, 2.24) is 4.90 Å². The SMILES string of the molecule is COCCSCC(=O)N(C)C1CCCCC1. The molecule has 4 heteroatoms. The van der Waals surface area contributed by atoms with Gasteiger partial charge in [0.15, 0.2) is 0 Å². The summed E-state index contributed by atoms with van der Waals surface area (Å²) in [5.41, 5.74) is 0. The monoisotopic (exact) mass is 245 g/mol. The zero-order valence-electron chi connectivity index (χ0n) is 10.4. The summed E-state index contributed by atoms with van der Waals surface area (Å²) in [7, 11) is 3.64. The summed E-state index contributed by atoms with van der Waals surface area (Å²) in [6.45, 7) is 0.727. The summed E-state index contributed by atoms with van der Waals surface area (Å²) < 4.78 is 4.95. The molecular weight excluding hydrogens is 222 g/mol. The molecule has 0 aromatic carbocycles. The van der Waals surface area contributed by atoms with E-state index in [4.69, 9.17) is 4.74 Å². The van der Waals surface area contributed by atoms with Crippen molar-refractivity contribution >= 4 is 17.7 Å². The molecule has 0 heterocycles. The Morgan fingerprint density at radius 1 is 1.38 bits per heavy atom. The molecule has 0 aliphatic heterocycles. The van der Waals surface area contributed by atoms with Crippen molar-refractivity contribution in [3.63, 3.8) is 0 Å². The summed E-state index contributed by atoms with van der Waals surface area (Å²) in [6.07, 6.45) is 6.26. The van der Waals surface area contributed by atoms with Crippen molar-refractivity contribution in [1.29, 1.82) is 0 Å². The second-order valence-electron chi connectivity index (χ2n) is 4.34. The molecule has 0 unspecified atom stereocenters. The van der Waals surface area contributed by atoms with Gasteiger partial charge in [0.1, 0.15) is 0 Å². The molecule has 0 aromatic heterocycles. The summed E-state index contributed by atoms with van der Waals surface area (Å²) >= 11 is 1.66. The number of ether oxygens (including phenoxy) is 1. The van der Waals surface area contributed by atoms with Gasteiger partial charge in [0.25, 0.3) is 0 Å². The normalized spacial score (nSPS) is 17.4. The average Bonchev–Trinajstić information content (AvgIpc) is 2.34. The Kier molecular flexibility index (Phi) is 6.88. The molecule has 94 valence electrons. The maximum atomic E-state index is 11.9. The van der Waals surface area contributed by atoms with Gasteiger partial charge in [-0.3, -0.25) is 4.79 Å². The second-order valence-corrected chi connectivity index (χ2v) is 5.45. The predicted octanol–water partition coefficient (Wildman–Crippen LogP) is 2.16. The predicted molar refractivity (Wildman–Crippen MR) is 68.8 cm³/mol. The van der Waals surface area contributed by atoms with Gasteiger partial charge in [-0.2, -0.15) is 0 Å². The van der Waals surface area contributed by atoms with E-state index >= 15 is 0 Å². The van der Waals surface area contributed by atoms with Crippen molar-refractivity contribution < 1.29 is 9.53 Å². The summed E-state index contributed by atoms with van der Waals surface area (Å²) in [5, 5.41) is 0. The van der Waals surface area contributed by atoms with Gasteiger partial charge < -0.3 is 9.64 Å². The summed E-state index contributed by atoms with van der Waals surface area (Å²) in [4.78, 5) is 13.8. The fourth-order valence-electron chi connectivity index (χ4n) is 2.08. The lowest BCUT2D eigenvalue weighted by molar-refractivity contribution is -0.129. The van der Waals surface area contributed by atoms with Crippen molar-refractivity contribution in [2.45, 2.75) is 38.1 Å². The van der Waals surface area contributed by atoms with Crippen LogP contribution in [0.2, 0.25) is 0 Å². The Morgan fingerprint density at radius 2 is 2.06 bits per heavy atom. The molecule has 1 saturated carbocycles. The molecule has 0 spiro atoms. The lowest BCUT2D eigenvalue weighted by Gasteiger charge is -2.31. The Balaban J connectivity index is 2.18. The van der Waals surface area contributed by atoms with Gasteiger partial charge in [0.05, 0.1) is 12.4 Å². The maximum absolute atomic E-state index is 11.9. The fraction of sp³-hybridized carbons (Fsp3) is 0.917. The van der Waals surface area contributed by atoms with E-state index in [0.29, 0.717) is 11.8 Å². The largest absolute Gasteiger partial charge is 0.384 e. The highest BCUT2D eigenvalue weighted by Gasteiger charge is 2.21. The quantitative estimate of drug-likeness (QED) is 0.672. The van der Waals surface area contributed by atoms with Crippen molar-refractivity contribution in [2.24, 2.45) is 0 Å². The van der Waals surface area contributed by atoms with E-state index in [-0.39, 0.29) is 5.91 Å². The van der Waals surface area contributed by atoms with Crippen LogP contribution in [0, 0.1) is 0 Å². The highest BCUT2D eigenvalue weighted by atomic mass is 32.2. The third kappa shape index (κ3) is 4.74. The lowest BCUT2D eigenvalue weighted by Crippen LogP contribution is -2.39. The van der Waals surface area contributed by atoms with Crippen LogP contribution in [0.25, 0.3) is 0 Å². The minimum absolute atomic E-state index is 0.271. The molecular formula is C12H23NO2S. The van der Waals surface area contributed by atoms with Crippen LogP contribution in [0.1, 0.15) is 32.1 Å². The van der Waals surface area contributed by atoms with E-state index in [1.807, 2.05) is 11.9 Å². The maximum Gasteiger partial charge on any atom is 0.232 e. The molecule has 0 bridgehead atoms. The third-order valence-corrected chi connectivity index (χ3v) is 4.08. The number of nitrogens with zero attached hydrogens (tertiary/aromatic N) is 1. The fourth-order valence-corrected chi connectivity index (χ4v) is 2.88. The summed E-state index contributed by atoms with van der Waals surface area (Å²) in [5.74, 6) is 1.77. The van der Waals surface area contributed by atoms with Crippen LogP contribution in [-0.2, 0) is 9.53 Å². The first-order chi connectivity index (χ1) is 7.75. The average molecular weight is 245 g/mol. The van der Waals surface area contributed by atoms with Crippen molar-refractivity contribution in [2.75, 3.05) is 32.3 Å². The van der Waals surface area contributed by atoms with Gasteiger partial charge in [-0.25, -0.2) is 0 Å². The number of hydrogen-bond acceptors (Lipinski definition) is 3. The smallest absolute Gasteiger partial charge is 0.232 e. The first-order valence-electron chi connectivity index (χ1n) is 6.08. The number of amides is 1. The minimum atomic E-state index is 0.271. The highest BCUT2D eigenvalue weighted by Crippen LogP contribution is 2.22. The minimum Gasteiger partial charge on any atom is -0.384 e. The molecule has 0 N–H and O–H groups in total. The van der Waals surface area contributed by atoms with E-state index < -0.39 is 0 Å². The van der Waals surface area contributed by atoms with Crippen molar-refractivity contribution in [3.05, 3.63) is 0 Å². The van der Waals surface area contributed by atoms with Gasteiger partial charge in [-0.05, 0) is 12.8 Å². The van der Waals surface area contributed by atoms with Crippen LogP contribution < -0.4 is 0 Å². The highest BCUT2D eigenvalue weighted by molar-refractivity contribution is 7.99. The molecule has 0 radical (unpaired) electrons. The first kappa shape index (κ1) is 13.8. The first-order valence-corrected chi connectivity index (χ1v) is 7.23. The molecule has 3 nitrogen and oxygen atoms in total. The lowest BCUT2D eigenvalue weighted by atomic mass is 9.94. The van der Waals surface area contributed by atoms with Crippen LogP contribution in [0.4, 0.5) is 0 Å². The second kappa shape index (κ2) is 7.96. The van der Waals surface area contributed by atoms with E-state index in [0.717, 1.165) is 12.4 Å². The molecule has 1 aliphatic rings. The van der Waals surface area contributed by atoms with Gasteiger partial charge in [0.2, 0.25) is 5.91 Å². The molecule has 0 atom stereocenters. The molecule has 0 aromatic rings. The number of carbonyl (C=O) groups is 1. The number of rotatable bonds is 6. The Labute approximate surface area is 103 Å². The molecule has 1 rings (SSSR count). The standard InChI is InChI=1S/C12H23NO2S/c1-13(11-6-4-3-5-7-11)12(14)10-16-9-8-15-2/h11H,3-10H2,1-2H3. The Hall–Kier alpha value is -0.220. The molecule has 0 saturated heterocycles.